The van der Waals surface area contributed by atoms with E-state index in [0.29, 0.717) is 33.5 Å². The topological polar surface area (TPSA) is 158 Å². The van der Waals surface area contributed by atoms with Crippen LogP contribution in [0.5, 0.6) is 6.01 Å². The molecule has 0 saturated heterocycles. The van der Waals surface area contributed by atoms with E-state index in [4.69, 9.17) is 15.5 Å². The molecule has 37 heavy (non-hydrogen) atoms. The van der Waals surface area contributed by atoms with E-state index in [0.717, 1.165) is 0 Å². The lowest BCUT2D eigenvalue weighted by atomic mass is 10.0. The number of rotatable bonds is 6. The van der Waals surface area contributed by atoms with Crippen molar-refractivity contribution in [3.63, 3.8) is 0 Å². The monoisotopic (exact) mass is 491 g/mol. The van der Waals surface area contributed by atoms with Crippen molar-refractivity contribution in [2.75, 3.05) is 18.2 Å². The first kappa shape index (κ1) is 23.4. The number of aromatic nitrogens is 6. The number of nitrogens with two attached hydrogens (primary N) is 1. The van der Waals surface area contributed by atoms with Crippen molar-refractivity contribution in [1.29, 1.82) is 5.26 Å². The summed E-state index contributed by atoms with van der Waals surface area (Å²) in [6.45, 7) is 1.83. The Morgan fingerprint density at radius 3 is 2.49 bits per heavy atom. The predicted octanol–water partition coefficient (Wildman–Crippen LogP) is 3.27. The van der Waals surface area contributed by atoms with Crippen molar-refractivity contribution < 1.29 is 4.74 Å². The fraction of sp³-hybridized carbons (Fsp3) is 0.115. The molecule has 0 aliphatic carbocycles. The van der Waals surface area contributed by atoms with E-state index >= 15 is 0 Å². The molecule has 3 N–H and O–H groups in total. The predicted molar refractivity (Wildman–Crippen MR) is 138 cm³/mol. The van der Waals surface area contributed by atoms with Gasteiger partial charge in [-0.05, 0) is 30.7 Å². The molecule has 0 bridgehead atoms. The van der Waals surface area contributed by atoms with Crippen LogP contribution in [0, 0.1) is 11.3 Å². The van der Waals surface area contributed by atoms with Crippen molar-refractivity contribution in [2.24, 2.45) is 0 Å². The maximum atomic E-state index is 14.1. The number of anilines is 2. The van der Waals surface area contributed by atoms with Crippen LogP contribution < -0.4 is 21.3 Å². The number of ether oxygens (including phenoxy) is 1. The summed E-state index contributed by atoms with van der Waals surface area (Å²) < 4.78 is 6.61. The zero-order valence-electron chi connectivity index (χ0n) is 20.0. The lowest BCUT2D eigenvalue weighted by molar-refractivity contribution is 0.380. The average Bonchev–Trinajstić information content (AvgIpc) is 2.93. The molecule has 3 aromatic heterocycles. The number of methoxy groups -OCH3 is 1. The minimum absolute atomic E-state index is 0.0203. The van der Waals surface area contributed by atoms with Crippen molar-refractivity contribution in [3.8, 4) is 28.9 Å². The Kier molecular flexibility index (Phi) is 6.13. The van der Waals surface area contributed by atoms with Crippen LogP contribution in [0.4, 0.5) is 11.8 Å². The molecule has 5 rings (SSSR count). The van der Waals surface area contributed by atoms with Gasteiger partial charge in [-0.3, -0.25) is 9.36 Å². The summed E-state index contributed by atoms with van der Waals surface area (Å²) in [5.41, 5.74) is 8.12. The van der Waals surface area contributed by atoms with E-state index in [2.05, 4.69) is 25.3 Å². The number of nitrogen functional groups attached to an aromatic ring is 1. The van der Waals surface area contributed by atoms with Gasteiger partial charge < -0.3 is 15.8 Å². The molecule has 0 spiro atoms. The second kappa shape index (κ2) is 9.71. The summed E-state index contributed by atoms with van der Waals surface area (Å²) in [5.74, 6) is 0.695. The highest BCUT2D eigenvalue weighted by Crippen LogP contribution is 2.28. The van der Waals surface area contributed by atoms with Gasteiger partial charge in [-0.25, -0.2) is 19.9 Å². The zero-order valence-corrected chi connectivity index (χ0v) is 20.0. The van der Waals surface area contributed by atoms with E-state index in [-0.39, 0.29) is 28.9 Å². The molecule has 0 aliphatic heterocycles. The van der Waals surface area contributed by atoms with E-state index in [1.165, 1.54) is 13.3 Å². The van der Waals surface area contributed by atoms with Gasteiger partial charge in [-0.15, -0.1) is 0 Å². The first-order valence-electron chi connectivity index (χ1n) is 11.3. The van der Waals surface area contributed by atoms with Crippen LogP contribution in [0.15, 0.2) is 71.9 Å². The number of nitrogens with zero attached hydrogens (tertiary/aromatic N) is 7. The molecular formula is C26H21N9O2. The molecule has 3 heterocycles. The Balaban J connectivity index is 1.73. The maximum Gasteiger partial charge on any atom is 0.316 e. The van der Waals surface area contributed by atoms with Crippen LogP contribution >= 0.6 is 0 Å². The zero-order chi connectivity index (χ0) is 25.9. The van der Waals surface area contributed by atoms with Gasteiger partial charge in [0.15, 0.2) is 0 Å². The van der Waals surface area contributed by atoms with E-state index in [1.54, 1.807) is 23.0 Å². The molecule has 0 fully saturated rings. The van der Waals surface area contributed by atoms with E-state index in [1.807, 2.05) is 55.5 Å². The molecular weight excluding hydrogens is 470 g/mol. The number of hydrogen-bond acceptors (Lipinski definition) is 10. The summed E-state index contributed by atoms with van der Waals surface area (Å²) in [4.78, 5) is 35.4. The number of benzene rings is 2. The molecule has 0 unspecified atom stereocenters. The van der Waals surface area contributed by atoms with Gasteiger partial charge in [0.25, 0.3) is 5.56 Å². The Morgan fingerprint density at radius 2 is 1.78 bits per heavy atom. The Bertz CT molecular complexity index is 1690. The Morgan fingerprint density at radius 1 is 1.03 bits per heavy atom. The number of fused-ring (bicyclic) bond motifs is 1. The SMILES string of the molecule is COc1ncc(-c2cccc3nc([C@H](C)Nc4nc(N)ncc4C#N)n(-c4ccccc4)c(=O)c23)cn1. The normalized spacial score (nSPS) is 11.6. The number of nitriles is 1. The fourth-order valence-corrected chi connectivity index (χ4v) is 4.02. The second-order valence-electron chi connectivity index (χ2n) is 8.07. The maximum absolute atomic E-state index is 14.1. The molecule has 0 saturated carbocycles. The molecule has 182 valence electrons. The van der Waals surface area contributed by atoms with Gasteiger partial charge in [-0.2, -0.15) is 10.2 Å². The molecule has 0 aliphatic rings. The minimum Gasteiger partial charge on any atom is -0.467 e. The smallest absolute Gasteiger partial charge is 0.316 e. The van der Waals surface area contributed by atoms with Crippen LogP contribution in [0.1, 0.15) is 24.4 Å². The summed E-state index contributed by atoms with van der Waals surface area (Å²) >= 11 is 0. The third-order valence-corrected chi connectivity index (χ3v) is 5.73. The summed E-state index contributed by atoms with van der Waals surface area (Å²) in [6.07, 6.45) is 4.56. The van der Waals surface area contributed by atoms with E-state index < -0.39 is 6.04 Å². The van der Waals surface area contributed by atoms with Gasteiger partial charge in [0.05, 0.1) is 35.9 Å². The van der Waals surface area contributed by atoms with E-state index in [9.17, 15) is 10.1 Å². The third-order valence-electron chi connectivity index (χ3n) is 5.73. The largest absolute Gasteiger partial charge is 0.467 e. The standard InChI is InChI=1S/C26H21N9O2/c1-15(32-22-16(11-27)12-29-25(28)34-22)23-33-20-10-6-9-19(17-13-30-26(37-2)31-14-17)21(20)24(36)35(23)18-7-4-3-5-8-18/h3-10,12-15H,1-2H3,(H3,28,29,32,34)/t15-/m0/s1. The van der Waals surface area contributed by atoms with Crippen molar-refractivity contribution in [1.82, 2.24) is 29.5 Å². The minimum atomic E-state index is -0.535. The first-order chi connectivity index (χ1) is 18.0. The number of nitrogens with one attached hydrogen (secondary N) is 1. The van der Waals surface area contributed by atoms with Gasteiger partial charge in [0.2, 0.25) is 5.95 Å². The van der Waals surface area contributed by atoms with Crippen LogP contribution in [-0.4, -0.2) is 36.6 Å². The van der Waals surface area contributed by atoms with Crippen LogP contribution in [0.3, 0.4) is 0 Å². The first-order valence-corrected chi connectivity index (χ1v) is 11.3. The van der Waals surface area contributed by atoms with Crippen LogP contribution in [0.25, 0.3) is 27.7 Å². The molecule has 0 amide bonds. The van der Waals surface area contributed by atoms with Gasteiger partial charge in [0.1, 0.15) is 23.3 Å². The van der Waals surface area contributed by atoms with Crippen LogP contribution in [-0.2, 0) is 0 Å². The van der Waals surface area contributed by atoms with Gasteiger partial charge in [0, 0.05) is 18.0 Å². The second-order valence-corrected chi connectivity index (χ2v) is 8.07. The average molecular weight is 492 g/mol. The highest BCUT2D eigenvalue weighted by atomic mass is 16.5. The molecule has 2 aromatic carbocycles. The highest BCUT2D eigenvalue weighted by Gasteiger charge is 2.21. The molecule has 1 atom stereocenters. The molecule has 5 aromatic rings. The number of hydrogen-bond donors (Lipinski definition) is 2. The Hall–Kier alpha value is -5.37. The molecule has 0 radical (unpaired) electrons. The fourth-order valence-electron chi connectivity index (χ4n) is 4.02. The third kappa shape index (κ3) is 4.39. The Labute approximate surface area is 211 Å². The number of para-hydroxylation sites is 1. The van der Waals surface area contributed by atoms with Crippen molar-refractivity contribution in [3.05, 3.63) is 88.9 Å². The van der Waals surface area contributed by atoms with Gasteiger partial charge in [-0.1, -0.05) is 30.3 Å². The highest BCUT2D eigenvalue weighted by molar-refractivity contribution is 5.94. The summed E-state index contributed by atoms with van der Waals surface area (Å²) in [7, 11) is 1.49. The quantitative estimate of drug-likeness (QED) is 0.361. The lowest BCUT2D eigenvalue weighted by Gasteiger charge is -2.21. The van der Waals surface area contributed by atoms with Crippen molar-refractivity contribution in [2.45, 2.75) is 13.0 Å². The lowest BCUT2D eigenvalue weighted by Crippen LogP contribution is -2.28. The summed E-state index contributed by atoms with van der Waals surface area (Å²) in [6, 6.07) is 16.4. The molecule has 11 heteroatoms. The van der Waals surface area contributed by atoms with Crippen molar-refractivity contribution >= 4 is 22.7 Å². The molecule has 11 nitrogen and oxygen atoms in total. The van der Waals surface area contributed by atoms with Crippen LogP contribution in [0.2, 0.25) is 0 Å². The van der Waals surface area contributed by atoms with Gasteiger partial charge >= 0.3 is 6.01 Å². The summed E-state index contributed by atoms with van der Waals surface area (Å²) in [5, 5.41) is 13.1.